The standard InChI is InChI=1S/C10H12ClFN2O/c1-6(13)4-10(15)14-9-3-2-7(11)5-8(9)12/h2-3,5-6H,4,13H2,1H3,(H,14,15). The number of hydrogen-bond donors (Lipinski definition) is 2. The number of carbonyl (C=O) groups is 1. The Hall–Kier alpha value is -1.13. The van der Waals surface area contributed by atoms with Gasteiger partial charge in [-0.25, -0.2) is 4.39 Å². The van der Waals surface area contributed by atoms with E-state index in [9.17, 15) is 9.18 Å². The minimum atomic E-state index is -0.555. The monoisotopic (exact) mass is 230 g/mol. The van der Waals surface area contributed by atoms with E-state index in [1.165, 1.54) is 12.1 Å². The number of nitrogens with two attached hydrogens (primary N) is 1. The first kappa shape index (κ1) is 11.9. The molecule has 3 nitrogen and oxygen atoms in total. The van der Waals surface area contributed by atoms with Gasteiger partial charge in [0, 0.05) is 17.5 Å². The molecule has 0 fully saturated rings. The zero-order valence-corrected chi connectivity index (χ0v) is 9.01. The molecule has 0 saturated carbocycles. The number of benzene rings is 1. The maximum absolute atomic E-state index is 13.2. The van der Waals surface area contributed by atoms with Crippen molar-refractivity contribution < 1.29 is 9.18 Å². The second kappa shape index (κ2) is 5.09. The van der Waals surface area contributed by atoms with Crippen LogP contribution in [-0.4, -0.2) is 11.9 Å². The Labute approximate surface area is 92.4 Å². The molecule has 1 atom stereocenters. The van der Waals surface area contributed by atoms with Gasteiger partial charge in [0.2, 0.25) is 5.91 Å². The van der Waals surface area contributed by atoms with Crippen LogP contribution in [0.2, 0.25) is 5.02 Å². The molecule has 1 amide bonds. The number of nitrogens with one attached hydrogen (secondary N) is 1. The fourth-order valence-electron chi connectivity index (χ4n) is 1.08. The van der Waals surface area contributed by atoms with Crippen molar-refractivity contribution in [1.29, 1.82) is 0 Å². The lowest BCUT2D eigenvalue weighted by Crippen LogP contribution is -2.24. The summed E-state index contributed by atoms with van der Waals surface area (Å²) in [4.78, 5) is 11.3. The molecule has 0 saturated heterocycles. The first-order valence-corrected chi connectivity index (χ1v) is 4.87. The summed E-state index contributed by atoms with van der Waals surface area (Å²) in [6.07, 6.45) is 0.155. The summed E-state index contributed by atoms with van der Waals surface area (Å²) in [7, 11) is 0. The van der Waals surface area contributed by atoms with Gasteiger partial charge in [0.1, 0.15) is 5.82 Å². The van der Waals surface area contributed by atoms with Crippen LogP contribution in [0.4, 0.5) is 10.1 Å². The average molecular weight is 231 g/mol. The highest BCUT2D eigenvalue weighted by Gasteiger charge is 2.08. The molecular formula is C10H12ClFN2O. The quantitative estimate of drug-likeness (QED) is 0.836. The minimum Gasteiger partial charge on any atom is -0.327 e. The maximum Gasteiger partial charge on any atom is 0.225 e. The fraction of sp³-hybridized carbons (Fsp3) is 0.300. The lowest BCUT2D eigenvalue weighted by molar-refractivity contribution is -0.116. The molecule has 15 heavy (non-hydrogen) atoms. The second-order valence-corrected chi connectivity index (χ2v) is 3.79. The highest BCUT2D eigenvalue weighted by atomic mass is 35.5. The van der Waals surface area contributed by atoms with Gasteiger partial charge in [0.05, 0.1) is 5.69 Å². The first-order valence-electron chi connectivity index (χ1n) is 4.49. The fourth-order valence-corrected chi connectivity index (χ4v) is 1.24. The molecule has 1 rings (SSSR count). The van der Waals surface area contributed by atoms with Crippen molar-refractivity contribution in [2.24, 2.45) is 5.73 Å². The van der Waals surface area contributed by atoms with Gasteiger partial charge in [-0.05, 0) is 25.1 Å². The third kappa shape index (κ3) is 3.85. The molecule has 0 bridgehead atoms. The summed E-state index contributed by atoms with van der Waals surface area (Å²) >= 11 is 5.57. The Morgan fingerprint density at radius 2 is 2.33 bits per heavy atom. The number of hydrogen-bond acceptors (Lipinski definition) is 2. The van der Waals surface area contributed by atoms with Crippen LogP contribution in [0, 0.1) is 5.82 Å². The van der Waals surface area contributed by atoms with E-state index in [1.54, 1.807) is 6.92 Å². The molecule has 0 spiro atoms. The SMILES string of the molecule is CC(N)CC(=O)Nc1ccc(Cl)cc1F. The number of carbonyl (C=O) groups excluding carboxylic acids is 1. The van der Waals surface area contributed by atoms with Crippen LogP contribution < -0.4 is 11.1 Å². The van der Waals surface area contributed by atoms with Crippen molar-refractivity contribution in [3.05, 3.63) is 29.0 Å². The topological polar surface area (TPSA) is 55.1 Å². The molecule has 0 aliphatic heterocycles. The zero-order chi connectivity index (χ0) is 11.4. The lowest BCUT2D eigenvalue weighted by atomic mass is 10.2. The average Bonchev–Trinajstić information content (AvgIpc) is 2.08. The second-order valence-electron chi connectivity index (χ2n) is 3.35. The summed E-state index contributed by atoms with van der Waals surface area (Å²) < 4.78 is 13.2. The van der Waals surface area contributed by atoms with E-state index in [-0.39, 0.29) is 29.1 Å². The van der Waals surface area contributed by atoms with Crippen LogP contribution in [0.15, 0.2) is 18.2 Å². The summed E-state index contributed by atoms with van der Waals surface area (Å²) in [5.41, 5.74) is 5.55. The largest absolute Gasteiger partial charge is 0.327 e. The Morgan fingerprint density at radius 3 is 2.87 bits per heavy atom. The molecule has 1 aromatic rings. The highest BCUT2D eigenvalue weighted by Crippen LogP contribution is 2.18. The van der Waals surface area contributed by atoms with Gasteiger partial charge in [0.25, 0.3) is 0 Å². The van der Waals surface area contributed by atoms with Gasteiger partial charge in [-0.2, -0.15) is 0 Å². The molecule has 5 heteroatoms. The minimum absolute atomic E-state index is 0.116. The van der Waals surface area contributed by atoms with Gasteiger partial charge >= 0.3 is 0 Å². The van der Waals surface area contributed by atoms with E-state index >= 15 is 0 Å². The first-order chi connectivity index (χ1) is 6.99. The smallest absolute Gasteiger partial charge is 0.225 e. The van der Waals surface area contributed by atoms with Gasteiger partial charge in [-0.1, -0.05) is 11.6 Å². The molecule has 0 aromatic heterocycles. The Morgan fingerprint density at radius 1 is 1.67 bits per heavy atom. The molecule has 0 aliphatic rings. The number of rotatable bonds is 3. The van der Waals surface area contributed by atoms with Gasteiger partial charge in [0.15, 0.2) is 0 Å². The summed E-state index contributed by atoms with van der Waals surface area (Å²) in [5, 5.41) is 2.71. The summed E-state index contributed by atoms with van der Waals surface area (Å²) in [6, 6.07) is 3.81. The Kier molecular flexibility index (Phi) is 4.05. The van der Waals surface area contributed by atoms with Crippen LogP contribution in [-0.2, 0) is 4.79 Å². The molecule has 0 heterocycles. The van der Waals surface area contributed by atoms with E-state index in [2.05, 4.69) is 5.32 Å². The Balaban J connectivity index is 2.68. The molecule has 1 unspecified atom stereocenters. The van der Waals surface area contributed by atoms with Gasteiger partial charge in [-0.3, -0.25) is 4.79 Å². The van der Waals surface area contributed by atoms with E-state index in [1.807, 2.05) is 0 Å². The highest BCUT2D eigenvalue weighted by molar-refractivity contribution is 6.30. The van der Waals surface area contributed by atoms with Crippen molar-refractivity contribution in [2.75, 3.05) is 5.32 Å². The van der Waals surface area contributed by atoms with Crippen molar-refractivity contribution in [2.45, 2.75) is 19.4 Å². The summed E-state index contributed by atoms with van der Waals surface area (Å²) in [5.74, 6) is -0.869. The predicted octanol–water partition coefficient (Wildman–Crippen LogP) is 2.15. The zero-order valence-electron chi connectivity index (χ0n) is 8.26. The van der Waals surface area contributed by atoms with E-state index in [0.717, 1.165) is 6.07 Å². The number of amides is 1. The molecule has 82 valence electrons. The third-order valence-corrected chi connectivity index (χ3v) is 1.95. The van der Waals surface area contributed by atoms with E-state index < -0.39 is 5.82 Å². The van der Waals surface area contributed by atoms with Crippen molar-refractivity contribution in [3.8, 4) is 0 Å². The molecule has 1 aromatic carbocycles. The summed E-state index contributed by atoms with van der Waals surface area (Å²) in [6.45, 7) is 1.71. The van der Waals surface area contributed by atoms with Crippen LogP contribution in [0.5, 0.6) is 0 Å². The Bertz CT molecular complexity index is 368. The molecule has 3 N–H and O–H groups in total. The number of anilines is 1. The van der Waals surface area contributed by atoms with Gasteiger partial charge < -0.3 is 11.1 Å². The molecule has 0 radical (unpaired) electrons. The van der Waals surface area contributed by atoms with Crippen molar-refractivity contribution in [3.63, 3.8) is 0 Å². The van der Waals surface area contributed by atoms with Crippen LogP contribution >= 0.6 is 11.6 Å². The number of halogens is 2. The molecule has 0 aliphatic carbocycles. The predicted molar refractivity (Wildman–Crippen MR) is 58.3 cm³/mol. The van der Waals surface area contributed by atoms with Crippen LogP contribution in [0.1, 0.15) is 13.3 Å². The third-order valence-electron chi connectivity index (χ3n) is 1.71. The van der Waals surface area contributed by atoms with E-state index in [4.69, 9.17) is 17.3 Å². The maximum atomic E-state index is 13.2. The van der Waals surface area contributed by atoms with E-state index in [0.29, 0.717) is 0 Å². The van der Waals surface area contributed by atoms with Crippen molar-refractivity contribution in [1.82, 2.24) is 0 Å². The van der Waals surface area contributed by atoms with Crippen molar-refractivity contribution >= 4 is 23.2 Å². The van der Waals surface area contributed by atoms with Crippen LogP contribution in [0.25, 0.3) is 0 Å². The van der Waals surface area contributed by atoms with Crippen LogP contribution in [0.3, 0.4) is 0 Å². The normalized spacial score (nSPS) is 12.3. The van der Waals surface area contributed by atoms with Gasteiger partial charge in [-0.15, -0.1) is 0 Å². The lowest BCUT2D eigenvalue weighted by Gasteiger charge is -2.08. The molecular weight excluding hydrogens is 219 g/mol.